The van der Waals surface area contributed by atoms with Crippen LogP contribution in [0, 0.1) is 6.92 Å². The van der Waals surface area contributed by atoms with E-state index in [0.717, 1.165) is 5.56 Å². The highest BCUT2D eigenvalue weighted by Crippen LogP contribution is 2.11. The predicted octanol–water partition coefficient (Wildman–Crippen LogP) is -0.157. The third kappa shape index (κ3) is 5.33. The normalized spacial score (nSPS) is 11.9. The van der Waals surface area contributed by atoms with E-state index in [1.54, 1.807) is 6.07 Å². The number of ether oxygens (including phenoxy) is 1. The second-order valence-corrected chi connectivity index (χ2v) is 3.75. The number of hydrogen-bond acceptors (Lipinski definition) is 4. The quantitative estimate of drug-likeness (QED) is 0.644. The Bertz CT molecular complexity index is 367. The van der Waals surface area contributed by atoms with Gasteiger partial charge in [0.05, 0.1) is 12.7 Å². The van der Waals surface area contributed by atoms with Gasteiger partial charge in [-0.3, -0.25) is 4.79 Å². The van der Waals surface area contributed by atoms with Crippen molar-refractivity contribution in [1.82, 2.24) is 5.32 Å². The van der Waals surface area contributed by atoms with E-state index in [2.05, 4.69) is 5.32 Å². The summed E-state index contributed by atoms with van der Waals surface area (Å²) in [5.41, 5.74) is 1.05. The summed E-state index contributed by atoms with van der Waals surface area (Å²) in [5.74, 6) is 0.293. The Morgan fingerprint density at radius 3 is 2.94 bits per heavy atom. The smallest absolute Gasteiger partial charge is 0.258 e. The van der Waals surface area contributed by atoms with E-state index in [1.165, 1.54) is 0 Å². The molecule has 5 nitrogen and oxygen atoms in total. The predicted molar refractivity (Wildman–Crippen MR) is 62.8 cm³/mol. The van der Waals surface area contributed by atoms with E-state index in [1.807, 2.05) is 25.1 Å². The molecule has 1 unspecified atom stereocenters. The lowest BCUT2D eigenvalue weighted by atomic mass is 10.2. The van der Waals surface area contributed by atoms with Crippen LogP contribution >= 0.6 is 0 Å². The number of benzene rings is 1. The Balaban J connectivity index is 2.28. The molecule has 0 saturated carbocycles. The van der Waals surface area contributed by atoms with Gasteiger partial charge in [0, 0.05) is 6.54 Å². The van der Waals surface area contributed by atoms with Crippen LogP contribution in [0.4, 0.5) is 0 Å². The van der Waals surface area contributed by atoms with Gasteiger partial charge >= 0.3 is 0 Å². The number of nitrogens with one attached hydrogen (secondary N) is 1. The van der Waals surface area contributed by atoms with Gasteiger partial charge in [-0.25, -0.2) is 0 Å². The molecular weight excluding hydrogens is 222 g/mol. The highest BCUT2D eigenvalue weighted by atomic mass is 16.5. The van der Waals surface area contributed by atoms with Gasteiger partial charge in [0.2, 0.25) is 0 Å². The van der Waals surface area contributed by atoms with E-state index in [9.17, 15) is 4.79 Å². The molecule has 1 atom stereocenters. The van der Waals surface area contributed by atoms with Crippen molar-refractivity contribution in [2.45, 2.75) is 13.0 Å². The lowest BCUT2D eigenvalue weighted by Crippen LogP contribution is -2.36. The standard InChI is InChI=1S/C12H17NO4/c1-9-3-2-4-11(5-9)17-8-12(16)13-6-10(15)7-14/h2-5,10,14-15H,6-8H2,1H3,(H,13,16). The van der Waals surface area contributed by atoms with E-state index in [0.29, 0.717) is 5.75 Å². The first-order valence-corrected chi connectivity index (χ1v) is 5.37. The molecule has 3 N–H and O–H groups in total. The Hall–Kier alpha value is -1.59. The number of carbonyl (C=O) groups excluding carboxylic acids is 1. The first kappa shape index (κ1) is 13.5. The fourth-order valence-corrected chi connectivity index (χ4v) is 1.20. The topological polar surface area (TPSA) is 78.8 Å². The van der Waals surface area contributed by atoms with Gasteiger partial charge in [-0.2, -0.15) is 0 Å². The average molecular weight is 239 g/mol. The van der Waals surface area contributed by atoms with E-state index < -0.39 is 6.10 Å². The van der Waals surface area contributed by atoms with Crippen molar-refractivity contribution in [3.63, 3.8) is 0 Å². The summed E-state index contributed by atoms with van der Waals surface area (Å²) >= 11 is 0. The Morgan fingerprint density at radius 1 is 1.53 bits per heavy atom. The third-order valence-electron chi connectivity index (χ3n) is 2.11. The molecule has 0 spiro atoms. The maximum atomic E-state index is 11.3. The molecule has 1 rings (SSSR count). The number of aryl methyl sites for hydroxylation is 1. The molecule has 0 radical (unpaired) electrons. The van der Waals surface area contributed by atoms with Crippen LogP contribution in [0.3, 0.4) is 0 Å². The minimum Gasteiger partial charge on any atom is -0.484 e. The fraction of sp³-hybridized carbons (Fsp3) is 0.417. The molecule has 1 amide bonds. The highest BCUT2D eigenvalue weighted by molar-refractivity contribution is 5.77. The lowest BCUT2D eigenvalue weighted by molar-refractivity contribution is -0.123. The largest absolute Gasteiger partial charge is 0.484 e. The summed E-state index contributed by atoms with van der Waals surface area (Å²) in [4.78, 5) is 11.3. The zero-order chi connectivity index (χ0) is 12.7. The van der Waals surface area contributed by atoms with E-state index in [-0.39, 0.29) is 25.7 Å². The Labute approximate surface area is 100 Å². The molecule has 1 aromatic carbocycles. The minimum atomic E-state index is -0.932. The molecule has 0 aliphatic heterocycles. The summed E-state index contributed by atoms with van der Waals surface area (Å²) in [7, 11) is 0. The van der Waals surface area contributed by atoms with Crippen molar-refractivity contribution in [3.05, 3.63) is 29.8 Å². The number of aliphatic hydroxyl groups excluding tert-OH is 2. The van der Waals surface area contributed by atoms with Gasteiger partial charge in [-0.15, -0.1) is 0 Å². The van der Waals surface area contributed by atoms with Gasteiger partial charge < -0.3 is 20.3 Å². The molecule has 1 aromatic rings. The molecule has 0 heterocycles. The first-order chi connectivity index (χ1) is 8.11. The van der Waals surface area contributed by atoms with E-state index in [4.69, 9.17) is 14.9 Å². The molecule has 0 aliphatic rings. The molecule has 0 aliphatic carbocycles. The summed E-state index contributed by atoms with van der Waals surface area (Å²) in [6.45, 7) is 1.47. The SMILES string of the molecule is Cc1cccc(OCC(=O)NCC(O)CO)c1. The van der Waals surface area contributed by atoms with Crippen LogP contribution in [-0.4, -0.2) is 42.0 Å². The summed E-state index contributed by atoms with van der Waals surface area (Å²) in [5, 5.41) is 20.0. The molecule has 0 fully saturated rings. The zero-order valence-corrected chi connectivity index (χ0v) is 9.72. The second-order valence-electron chi connectivity index (χ2n) is 3.75. The van der Waals surface area contributed by atoms with Crippen molar-refractivity contribution < 1.29 is 19.7 Å². The number of hydrogen-bond donors (Lipinski definition) is 3. The van der Waals surface area contributed by atoms with Gasteiger partial charge in [0.1, 0.15) is 5.75 Å². The minimum absolute atomic E-state index is 0.0203. The van der Waals surface area contributed by atoms with Gasteiger partial charge in [0.15, 0.2) is 6.61 Å². The first-order valence-electron chi connectivity index (χ1n) is 5.37. The summed E-state index contributed by atoms with van der Waals surface area (Å²) in [6, 6.07) is 7.38. The van der Waals surface area contributed by atoms with Gasteiger partial charge in [-0.1, -0.05) is 12.1 Å². The summed E-state index contributed by atoms with van der Waals surface area (Å²) < 4.78 is 5.26. The van der Waals surface area contributed by atoms with Crippen molar-refractivity contribution >= 4 is 5.91 Å². The van der Waals surface area contributed by atoms with Crippen molar-refractivity contribution in [3.8, 4) is 5.75 Å². The van der Waals surface area contributed by atoms with Crippen LogP contribution in [0.1, 0.15) is 5.56 Å². The van der Waals surface area contributed by atoms with Crippen LogP contribution in [0.5, 0.6) is 5.75 Å². The monoisotopic (exact) mass is 239 g/mol. The average Bonchev–Trinajstić information content (AvgIpc) is 2.33. The van der Waals surface area contributed by atoms with Crippen molar-refractivity contribution in [2.75, 3.05) is 19.8 Å². The number of rotatable bonds is 6. The maximum absolute atomic E-state index is 11.3. The van der Waals surface area contributed by atoms with Crippen LogP contribution in [0.15, 0.2) is 24.3 Å². The maximum Gasteiger partial charge on any atom is 0.258 e. The van der Waals surface area contributed by atoms with Gasteiger partial charge in [0.25, 0.3) is 5.91 Å². The fourth-order valence-electron chi connectivity index (χ4n) is 1.20. The van der Waals surface area contributed by atoms with Crippen molar-refractivity contribution in [2.24, 2.45) is 0 Å². The van der Waals surface area contributed by atoms with Crippen LogP contribution in [0.2, 0.25) is 0 Å². The molecule has 94 valence electrons. The Morgan fingerprint density at radius 2 is 2.29 bits per heavy atom. The van der Waals surface area contributed by atoms with Gasteiger partial charge in [-0.05, 0) is 24.6 Å². The molecule has 0 saturated heterocycles. The molecule has 17 heavy (non-hydrogen) atoms. The lowest BCUT2D eigenvalue weighted by Gasteiger charge is -2.10. The molecule has 0 aromatic heterocycles. The van der Waals surface area contributed by atoms with Crippen LogP contribution < -0.4 is 10.1 Å². The number of aliphatic hydroxyl groups is 2. The van der Waals surface area contributed by atoms with E-state index >= 15 is 0 Å². The zero-order valence-electron chi connectivity index (χ0n) is 9.72. The summed E-state index contributed by atoms with van der Waals surface area (Å²) in [6.07, 6.45) is -0.932. The van der Waals surface area contributed by atoms with Crippen molar-refractivity contribution in [1.29, 1.82) is 0 Å². The number of carbonyl (C=O) groups is 1. The highest BCUT2D eigenvalue weighted by Gasteiger charge is 2.06. The molecular formula is C12H17NO4. The number of amides is 1. The van der Waals surface area contributed by atoms with Crippen LogP contribution in [0.25, 0.3) is 0 Å². The Kier molecular flexibility index (Phi) is 5.45. The third-order valence-corrected chi connectivity index (χ3v) is 2.11. The van der Waals surface area contributed by atoms with Crippen LogP contribution in [-0.2, 0) is 4.79 Å². The molecule has 0 bridgehead atoms. The second kappa shape index (κ2) is 6.88. The molecule has 5 heteroatoms.